The lowest BCUT2D eigenvalue weighted by Gasteiger charge is -2.36. The molecule has 1 saturated heterocycles. The fraction of sp³-hybridized carbons (Fsp3) is 0.943. The van der Waals surface area contributed by atoms with E-state index in [1.165, 1.54) is 113 Å². The van der Waals surface area contributed by atoms with Crippen LogP contribution in [0.2, 0.25) is 0 Å². The summed E-state index contributed by atoms with van der Waals surface area (Å²) in [6, 6.07) is -0.773. The van der Waals surface area contributed by atoms with Crippen LogP contribution < -0.4 is 0 Å². The van der Waals surface area contributed by atoms with Crippen molar-refractivity contribution in [3.63, 3.8) is 0 Å². The zero-order chi connectivity index (χ0) is 33.5. The van der Waals surface area contributed by atoms with Crippen molar-refractivity contribution in [3.05, 3.63) is 0 Å². The van der Waals surface area contributed by atoms with Crippen molar-refractivity contribution in [3.8, 4) is 0 Å². The summed E-state index contributed by atoms with van der Waals surface area (Å²) in [5, 5.41) is 49.4. The molecule has 0 aromatic carbocycles. The Kier molecular flexibility index (Phi) is 24.4. The molecule has 10 heteroatoms. The Morgan fingerprint density at radius 1 is 0.689 bits per heavy atom. The number of carbonyl (C=O) groups excluding carboxylic acids is 2. The maximum atomic E-state index is 13.9. The smallest absolute Gasteiger partial charge is 0.246 e. The number of aliphatic hydroxyl groups excluding tert-OH is 5. The van der Waals surface area contributed by atoms with E-state index >= 15 is 0 Å². The summed E-state index contributed by atoms with van der Waals surface area (Å²) in [5.41, 5.74) is 0. The average Bonchev–Trinajstić information content (AvgIpc) is 3.49. The summed E-state index contributed by atoms with van der Waals surface area (Å²) in [6.07, 6.45) is 17.4. The molecule has 0 aromatic rings. The first-order chi connectivity index (χ1) is 21.7. The lowest BCUT2D eigenvalue weighted by atomic mass is 10.0. The second-order valence-electron chi connectivity index (χ2n) is 13.1. The third-order valence-electron chi connectivity index (χ3n) is 9.13. The molecule has 1 fully saturated rings. The third kappa shape index (κ3) is 16.7. The molecule has 1 rings (SSSR count). The highest BCUT2D eigenvalue weighted by molar-refractivity contribution is 8.00. The van der Waals surface area contributed by atoms with Gasteiger partial charge in [-0.1, -0.05) is 129 Å². The van der Waals surface area contributed by atoms with E-state index in [4.69, 9.17) is 5.11 Å². The molecule has 0 spiro atoms. The molecule has 1 aliphatic rings. The van der Waals surface area contributed by atoms with Crippen LogP contribution >= 0.6 is 11.8 Å². The highest BCUT2D eigenvalue weighted by Gasteiger charge is 2.47. The monoisotopic (exact) mass is 660 g/mol. The maximum absolute atomic E-state index is 13.9. The lowest BCUT2D eigenvalue weighted by Crippen LogP contribution is -2.57. The van der Waals surface area contributed by atoms with Crippen LogP contribution in [0.3, 0.4) is 0 Å². The second kappa shape index (κ2) is 26.1. The molecule has 9 nitrogen and oxygen atoms in total. The Labute approximate surface area is 278 Å². The van der Waals surface area contributed by atoms with Crippen molar-refractivity contribution in [1.29, 1.82) is 0 Å². The number of aliphatic hydroxyl groups is 5. The van der Waals surface area contributed by atoms with Crippen LogP contribution in [-0.2, 0) is 9.59 Å². The molecule has 0 radical (unpaired) electrons. The Bertz CT molecular complexity index is 738. The molecule has 45 heavy (non-hydrogen) atoms. The molecule has 0 saturated carbocycles. The van der Waals surface area contributed by atoms with Gasteiger partial charge in [-0.15, -0.1) is 11.8 Å². The highest BCUT2D eigenvalue weighted by atomic mass is 32.2. The maximum Gasteiger partial charge on any atom is 0.246 e. The minimum Gasteiger partial charge on any atom is -0.394 e. The number of thioether (sulfide) groups is 1. The first-order valence-electron chi connectivity index (χ1n) is 18.2. The number of rotatable bonds is 28. The van der Waals surface area contributed by atoms with Gasteiger partial charge in [-0.05, 0) is 12.8 Å². The molecular formula is C35H68N2O7S. The quantitative estimate of drug-likeness (QED) is 0.0705. The Hall–Kier alpha value is -0.910. The van der Waals surface area contributed by atoms with Crippen molar-refractivity contribution in [2.45, 2.75) is 185 Å². The van der Waals surface area contributed by atoms with Gasteiger partial charge in [0.05, 0.1) is 6.61 Å². The van der Waals surface area contributed by atoms with Crippen molar-refractivity contribution in [1.82, 2.24) is 9.80 Å². The standard InChI is InChI=1S/C35H68N2O7S/c1-4-6-8-10-12-14-16-18-20-22-24-36(25-23-21-19-17-15-13-11-9-7-5-2)34(44)29-27-45-35(37(29)28(3)39)33(43)32(42)31(41)30(40)26-38/h29-33,35,38,40-43H,4-27H2,1-3H3/t29?,30-,31-,32+,33-,35?/m1/s1. The Morgan fingerprint density at radius 2 is 1.09 bits per heavy atom. The number of amides is 2. The summed E-state index contributed by atoms with van der Waals surface area (Å²) < 4.78 is 0. The fourth-order valence-electron chi connectivity index (χ4n) is 6.21. The number of carbonyl (C=O) groups is 2. The van der Waals surface area contributed by atoms with Crippen LogP contribution in [0.15, 0.2) is 0 Å². The van der Waals surface area contributed by atoms with Gasteiger partial charge in [0.1, 0.15) is 35.8 Å². The van der Waals surface area contributed by atoms with E-state index in [2.05, 4.69) is 13.8 Å². The molecule has 1 aliphatic heterocycles. The van der Waals surface area contributed by atoms with E-state index in [1.807, 2.05) is 4.90 Å². The summed E-state index contributed by atoms with van der Waals surface area (Å²) >= 11 is 1.19. The third-order valence-corrected chi connectivity index (χ3v) is 10.5. The van der Waals surface area contributed by atoms with Gasteiger partial charge < -0.3 is 35.3 Å². The Balaban J connectivity index is 2.73. The average molecular weight is 661 g/mol. The molecule has 266 valence electrons. The summed E-state index contributed by atoms with van der Waals surface area (Å²) in [6.45, 7) is 6.29. The van der Waals surface area contributed by atoms with E-state index in [-0.39, 0.29) is 11.7 Å². The van der Waals surface area contributed by atoms with Crippen molar-refractivity contribution in [2.75, 3.05) is 25.4 Å². The molecule has 2 unspecified atom stereocenters. The minimum absolute atomic E-state index is 0.135. The first kappa shape index (κ1) is 42.1. The predicted molar refractivity (Wildman–Crippen MR) is 184 cm³/mol. The number of nitrogens with zero attached hydrogens (tertiary/aromatic N) is 2. The van der Waals surface area contributed by atoms with E-state index in [9.17, 15) is 30.0 Å². The molecule has 2 amide bonds. The largest absolute Gasteiger partial charge is 0.394 e. The van der Waals surface area contributed by atoms with E-state index in [0.717, 1.165) is 38.5 Å². The van der Waals surface area contributed by atoms with Crippen LogP contribution in [0, 0.1) is 0 Å². The Morgan fingerprint density at radius 3 is 1.47 bits per heavy atom. The van der Waals surface area contributed by atoms with Gasteiger partial charge in [0.2, 0.25) is 11.8 Å². The normalized spacial score (nSPS) is 19.4. The zero-order valence-corrected chi connectivity index (χ0v) is 29.6. The van der Waals surface area contributed by atoms with Gasteiger partial charge >= 0.3 is 0 Å². The van der Waals surface area contributed by atoms with Crippen LogP contribution in [-0.4, -0.2) is 108 Å². The van der Waals surface area contributed by atoms with Gasteiger partial charge in [-0.2, -0.15) is 0 Å². The highest BCUT2D eigenvalue weighted by Crippen LogP contribution is 2.34. The fourth-order valence-corrected chi connectivity index (χ4v) is 7.71. The van der Waals surface area contributed by atoms with E-state index in [1.54, 1.807) is 0 Å². The first-order valence-corrected chi connectivity index (χ1v) is 19.3. The topological polar surface area (TPSA) is 142 Å². The molecule has 1 heterocycles. The van der Waals surface area contributed by atoms with Crippen LogP contribution in [0.1, 0.15) is 149 Å². The predicted octanol–water partition coefficient (Wildman–Crippen LogP) is 5.38. The van der Waals surface area contributed by atoms with Crippen LogP contribution in [0.5, 0.6) is 0 Å². The number of unbranched alkanes of at least 4 members (excludes halogenated alkanes) is 18. The summed E-state index contributed by atoms with van der Waals surface area (Å²) in [5.74, 6) is -0.257. The van der Waals surface area contributed by atoms with Gasteiger partial charge in [-0.25, -0.2) is 0 Å². The number of hydrogen-bond donors (Lipinski definition) is 5. The molecule has 5 N–H and O–H groups in total. The molecular weight excluding hydrogens is 592 g/mol. The van der Waals surface area contributed by atoms with Crippen molar-refractivity contribution in [2.24, 2.45) is 0 Å². The van der Waals surface area contributed by atoms with Gasteiger partial charge in [-0.3, -0.25) is 9.59 Å². The van der Waals surface area contributed by atoms with Gasteiger partial charge in [0.15, 0.2) is 0 Å². The minimum atomic E-state index is -1.80. The van der Waals surface area contributed by atoms with Crippen LogP contribution in [0.4, 0.5) is 0 Å². The SMILES string of the molecule is CCCCCCCCCCCCN(CCCCCCCCCCCC)C(=O)C1CSC([C@H](O)[C@@H](O)[C@H](O)[C@H](O)CO)N1C(C)=O. The molecule has 0 aromatic heterocycles. The summed E-state index contributed by atoms with van der Waals surface area (Å²) in [7, 11) is 0. The molecule has 6 atom stereocenters. The lowest BCUT2D eigenvalue weighted by molar-refractivity contribution is -0.150. The van der Waals surface area contributed by atoms with Crippen molar-refractivity contribution >= 4 is 23.6 Å². The van der Waals surface area contributed by atoms with Crippen molar-refractivity contribution < 1.29 is 35.1 Å². The van der Waals surface area contributed by atoms with Gasteiger partial charge in [0, 0.05) is 25.8 Å². The van der Waals surface area contributed by atoms with E-state index in [0.29, 0.717) is 13.1 Å². The number of hydrogen-bond acceptors (Lipinski definition) is 8. The second-order valence-corrected chi connectivity index (χ2v) is 14.2. The van der Waals surface area contributed by atoms with E-state index < -0.39 is 48.3 Å². The summed E-state index contributed by atoms with van der Waals surface area (Å²) in [4.78, 5) is 29.9. The van der Waals surface area contributed by atoms with Crippen LogP contribution in [0.25, 0.3) is 0 Å². The zero-order valence-electron chi connectivity index (χ0n) is 28.8. The molecule has 0 bridgehead atoms. The molecule has 0 aliphatic carbocycles. The van der Waals surface area contributed by atoms with Gasteiger partial charge in [0.25, 0.3) is 0 Å².